The zero-order valence-corrected chi connectivity index (χ0v) is 7.99. The first-order valence-corrected chi connectivity index (χ1v) is 4.38. The largest absolute Gasteiger partial charge is 0.382 e. The Morgan fingerprint density at radius 2 is 2.17 bits per heavy atom. The Hall–Kier alpha value is -0.990. The fourth-order valence-corrected chi connectivity index (χ4v) is 1.40. The normalized spacial score (nSPS) is 13.7. The predicted octanol–water partition coefficient (Wildman–Crippen LogP) is 2.07. The molecule has 0 radical (unpaired) electrons. The summed E-state index contributed by atoms with van der Waals surface area (Å²) >= 11 is 0. The molecular formula is C9H17N3. The number of hydrogen-bond donors (Lipinski definition) is 1. The predicted molar refractivity (Wildman–Crippen MR) is 50.8 cm³/mol. The van der Waals surface area contributed by atoms with Crippen molar-refractivity contribution >= 4 is 5.82 Å². The number of imidazole rings is 1. The summed E-state index contributed by atoms with van der Waals surface area (Å²) < 4.78 is 2.06. The van der Waals surface area contributed by atoms with Crippen LogP contribution in [0.25, 0.3) is 0 Å². The maximum Gasteiger partial charge on any atom is 0.141 e. The zero-order chi connectivity index (χ0) is 9.14. The van der Waals surface area contributed by atoms with E-state index in [4.69, 9.17) is 5.73 Å². The quantitative estimate of drug-likeness (QED) is 0.749. The molecule has 1 atom stereocenters. The lowest BCUT2D eigenvalue weighted by molar-refractivity contribution is 0.428. The molecule has 3 nitrogen and oxygen atoms in total. The molecule has 3 heteroatoms. The molecule has 1 rings (SSSR count). The van der Waals surface area contributed by atoms with Crippen LogP contribution in [0.3, 0.4) is 0 Å². The molecule has 2 N–H and O–H groups in total. The van der Waals surface area contributed by atoms with Gasteiger partial charge in [-0.05, 0) is 19.3 Å². The number of nitrogen functional groups attached to an aromatic ring is 1. The molecule has 0 spiro atoms. The molecule has 0 aliphatic rings. The maximum atomic E-state index is 5.52. The average molecular weight is 167 g/mol. The summed E-state index contributed by atoms with van der Waals surface area (Å²) in [6.45, 7) is 6.62. The van der Waals surface area contributed by atoms with Crippen molar-refractivity contribution in [1.29, 1.82) is 0 Å². The van der Waals surface area contributed by atoms with Gasteiger partial charge in [-0.2, -0.15) is 0 Å². The lowest BCUT2D eigenvalue weighted by Gasteiger charge is -2.14. The van der Waals surface area contributed by atoms with Crippen LogP contribution in [0.1, 0.15) is 33.2 Å². The third-order valence-corrected chi connectivity index (χ3v) is 1.94. The Morgan fingerprint density at radius 1 is 1.50 bits per heavy atom. The van der Waals surface area contributed by atoms with Crippen LogP contribution < -0.4 is 5.73 Å². The van der Waals surface area contributed by atoms with Crippen molar-refractivity contribution < 1.29 is 0 Å². The van der Waals surface area contributed by atoms with Crippen molar-refractivity contribution in [2.24, 2.45) is 5.92 Å². The number of rotatable bonds is 3. The van der Waals surface area contributed by atoms with Gasteiger partial charge >= 0.3 is 0 Å². The number of nitrogens with two attached hydrogens (primary N) is 1. The molecule has 0 aliphatic heterocycles. The van der Waals surface area contributed by atoms with Gasteiger partial charge in [-0.15, -0.1) is 0 Å². The second-order valence-corrected chi connectivity index (χ2v) is 3.72. The monoisotopic (exact) mass is 167 g/mol. The first-order valence-electron chi connectivity index (χ1n) is 4.38. The van der Waals surface area contributed by atoms with Gasteiger partial charge in [0.1, 0.15) is 5.82 Å². The molecule has 1 heterocycles. The van der Waals surface area contributed by atoms with E-state index in [1.807, 2.05) is 6.20 Å². The molecule has 0 bridgehead atoms. The third kappa shape index (κ3) is 2.26. The minimum absolute atomic E-state index is 0.495. The summed E-state index contributed by atoms with van der Waals surface area (Å²) in [7, 11) is 0. The van der Waals surface area contributed by atoms with Crippen LogP contribution in [0.5, 0.6) is 0 Å². The van der Waals surface area contributed by atoms with E-state index in [0.717, 1.165) is 6.42 Å². The van der Waals surface area contributed by atoms with Crippen LogP contribution in [-0.4, -0.2) is 9.55 Å². The van der Waals surface area contributed by atoms with E-state index in [2.05, 4.69) is 30.3 Å². The first kappa shape index (κ1) is 9.10. The molecule has 0 fully saturated rings. The highest BCUT2D eigenvalue weighted by Crippen LogP contribution is 2.16. The molecule has 1 aromatic heterocycles. The summed E-state index contributed by atoms with van der Waals surface area (Å²) in [5.41, 5.74) is 5.52. The van der Waals surface area contributed by atoms with Crippen LogP contribution in [0, 0.1) is 5.92 Å². The zero-order valence-electron chi connectivity index (χ0n) is 7.99. The van der Waals surface area contributed by atoms with E-state index in [0.29, 0.717) is 17.8 Å². The van der Waals surface area contributed by atoms with Crippen LogP contribution in [0.4, 0.5) is 5.82 Å². The van der Waals surface area contributed by atoms with Crippen LogP contribution in [0.15, 0.2) is 12.5 Å². The van der Waals surface area contributed by atoms with Crippen molar-refractivity contribution in [1.82, 2.24) is 9.55 Å². The van der Waals surface area contributed by atoms with E-state index in [9.17, 15) is 0 Å². The minimum Gasteiger partial charge on any atom is -0.382 e. The Balaban J connectivity index is 2.58. The first-order chi connectivity index (χ1) is 5.59. The topological polar surface area (TPSA) is 43.8 Å². The van der Waals surface area contributed by atoms with Crippen molar-refractivity contribution in [3.05, 3.63) is 12.5 Å². The van der Waals surface area contributed by atoms with E-state index in [1.54, 1.807) is 6.33 Å². The highest BCUT2D eigenvalue weighted by atomic mass is 15.1. The lowest BCUT2D eigenvalue weighted by atomic mass is 10.1. The average Bonchev–Trinajstić information content (AvgIpc) is 2.34. The van der Waals surface area contributed by atoms with E-state index in [1.165, 1.54) is 0 Å². The molecule has 0 saturated heterocycles. The number of aromatic nitrogens is 2. The molecule has 0 aliphatic carbocycles. The number of hydrogen-bond acceptors (Lipinski definition) is 2. The standard InChI is InChI=1S/C9H17N3/c1-7(2)4-8(3)12-5-9(10)11-6-12/h5-8H,4,10H2,1-3H3. The SMILES string of the molecule is CC(C)CC(C)n1cnc(N)c1. The van der Waals surface area contributed by atoms with E-state index < -0.39 is 0 Å². The van der Waals surface area contributed by atoms with Gasteiger partial charge < -0.3 is 10.3 Å². The van der Waals surface area contributed by atoms with E-state index >= 15 is 0 Å². The third-order valence-electron chi connectivity index (χ3n) is 1.94. The molecule has 0 saturated carbocycles. The van der Waals surface area contributed by atoms with Crippen LogP contribution in [-0.2, 0) is 0 Å². The van der Waals surface area contributed by atoms with Gasteiger partial charge in [0.15, 0.2) is 0 Å². The van der Waals surface area contributed by atoms with Crippen molar-refractivity contribution in [3.63, 3.8) is 0 Å². The van der Waals surface area contributed by atoms with Gasteiger partial charge in [0, 0.05) is 12.2 Å². The molecule has 68 valence electrons. The second-order valence-electron chi connectivity index (χ2n) is 3.72. The number of nitrogens with zero attached hydrogens (tertiary/aromatic N) is 2. The van der Waals surface area contributed by atoms with Gasteiger partial charge in [0.25, 0.3) is 0 Å². The lowest BCUT2D eigenvalue weighted by Crippen LogP contribution is -2.05. The molecule has 1 unspecified atom stereocenters. The maximum absolute atomic E-state index is 5.52. The second kappa shape index (κ2) is 3.61. The van der Waals surface area contributed by atoms with Crippen molar-refractivity contribution in [2.75, 3.05) is 5.73 Å². The van der Waals surface area contributed by atoms with Gasteiger partial charge in [-0.1, -0.05) is 13.8 Å². The Morgan fingerprint density at radius 3 is 2.58 bits per heavy atom. The highest BCUT2D eigenvalue weighted by Gasteiger charge is 2.06. The Labute approximate surface area is 73.6 Å². The van der Waals surface area contributed by atoms with Gasteiger partial charge in [0.05, 0.1) is 6.33 Å². The number of anilines is 1. The molecule has 1 aromatic rings. The summed E-state index contributed by atoms with van der Waals surface area (Å²) in [6, 6.07) is 0.495. The minimum atomic E-state index is 0.495. The Bertz CT molecular complexity index is 240. The summed E-state index contributed by atoms with van der Waals surface area (Å²) in [5.74, 6) is 1.31. The van der Waals surface area contributed by atoms with Crippen LogP contribution >= 0.6 is 0 Å². The summed E-state index contributed by atoms with van der Waals surface area (Å²) in [4.78, 5) is 3.99. The fraction of sp³-hybridized carbons (Fsp3) is 0.667. The van der Waals surface area contributed by atoms with Gasteiger partial charge in [0.2, 0.25) is 0 Å². The highest BCUT2D eigenvalue weighted by molar-refractivity contribution is 5.22. The fourth-order valence-electron chi connectivity index (χ4n) is 1.40. The summed E-state index contributed by atoms with van der Waals surface area (Å²) in [6.07, 6.45) is 4.84. The van der Waals surface area contributed by atoms with Crippen molar-refractivity contribution in [2.45, 2.75) is 33.2 Å². The van der Waals surface area contributed by atoms with Gasteiger partial charge in [-0.25, -0.2) is 4.98 Å². The Kier molecular flexibility index (Phi) is 2.74. The molecular weight excluding hydrogens is 150 g/mol. The van der Waals surface area contributed by atoms with Crippen LogP contribution in [0.2, 0.25) is 0 Å². The summed E-state index contributed by atoms with van der Waals surface area (Å²) in [5, 5.41) is 0. The van der Waals surface area contributed by atoms with Gasteiger partial charge in [-0.3, -0.25) is 0 Å². The van der Waals surface area contributed by atoms with E-state index in [-0.39, 0.29) is 0 Å². The molecule has 0 amide bonds. The molecule has 0 aromatic carbocycles. The van der Waals surface area contributed by atoms with Crippen molar-refractivity contribution in [3.8, 4) is 0 Å². The molecule has 12 heavy (non-hydrogen) atoms. The smallest absolute Gasteiger partial charge is 0.141 e.